The van der Waals surface area contributed by atoms with E-state index in [1.165, 1.54) is 107 Å². The van der Waals surface area contributed by atoms with Gasteiger partial charge in [-0.1, -0.05) is 122 Å². The highest BCUT2D eigenvalue weighted by atomic mass is 16.5. The number of hydrogen-bond donors (Lipinski definition) is 0. The Balaban J connectivity index is 1.34. The number of ether oxygens (including phenoxy) is 1. The Hall–Kier alpha value is -1.83. The van der Waals surface area contributed by atoms with Gasteiger partial charge in [-0.3, -0.25) is 4.98 Å². The Morgan fingerprint density at radius 1 is 0.706 bits per heavy atom. The summed E-state index contributed by atoms with van der Waals surface area (Å²) in [5.41, 5.74) is 3.69. The van der Waals surface area contributed by atoms with Crippen molar-refractivity contribution in [2.75, 3.05) is 6.61 Å². The van der Waals surface area contributed by atoms with Gasteiger partial charge in [-0.05, 0) is 48.8 Å². The van der Waals surface area contributed by atoms with Crippen molar-refractivity contribution in [1.29, 1.82) is 0 Å². The van der Waals surface area contributed by atoms with Gasteiger partial charge in [-0.15, -0.1) is 0 Å². The first-order valence-corrected chi connectivity index (χ1v) is 14.5. The Kier molecular flexibility index (Phi) is 12.6. The average molecular weight is 464 g/mol. The monoisotopic (exact) mass is 463 g/mol. The number of hydrogen-bond acceptors (Lipinski definition) is 2. The maximum absolute atomic E-state index is 5.88. The van der Waals surface area contributed by atoms with Crippen molar-refractivity contribution in [3.8, 4) is 17.0 Å². The van der Waals surface area contributed by atoms with Crippen molar-refractivity contribution >= 4 is 0 Å². The quantitative estimate of drug-likeness (QED) is 0.231. The number of pyridine rings is 1. The van der Waals surface area contributed by atoms with Crippen molar-refractivity contribution < 1.29 is 4.74 Å². The van der Waals surface area contributed by atoms with Gasteiger partial charge in [0, 0.05) is 5.56 Å². The molecule has 0 atom stereocenters. The number of nitrogens with zero attached hydrogens (tertiary/aromatic N) is 1. The van der Waals surface area contributed by atoms with E-state index in [1.54, 1.807) is 0 Å². The summed E-state index contributed by atoms with van der Waals surface area (Å²) in [4.78, 5) is 4.65. The van der Waals surface area contributed by atoms with Crippen LogP contribution in [-0.4, -0.2) is 11.6 Å². The largest absolute Gasteiger partial charge is 0.492 e. The van der Waals surface area contributed by atoms with E-state index < -0.39 is 0 Å². The van der Waals surface area contributed by atoms with Crippen LogP contribution in [0.5, 0.6) is 5.75 Å². The third-order valence-electron chi connectivity index (χ3n) is 7.78. The standard InChI is InChI=1S/C32H49NO/c1-3-5-7-8-9-11-25-34-31-23-24-32(33-26-31)30-21-19-29(20-22-30)18-17-28-15-13-27(14-16-28)12-10-6-4-2/h19-24,26-28H,3-18,25H2,1-2H3/t27-,28-. The fourth-order valence-electron chi connectivity index (χ4n) is 5.41. The van der Waals surface area contributed by atoms with Crippen LogP contribution in [0.25, 0.3) is 11.3 Å². The van der Waals surface area contributed by atoms with Gasteiger partial charge < -0.3 is 4.74 Å². The van der Waals surface area contributed by atoms with Crippen LogP contribution >= 0.6 is 0 Å². The molecule has 1 fully saturated rings. The van der Waals surface area contributed by atoms with Gasteiger partial charge in [0.05, 0.1) is 18.5 Å². The second-order valence-corrected chi connectivity index (χ2v) is 10.6. The fourth-order valence-corrected chi connectivity index (χ4v) is 5.41. The molecule has 34 heavy (non-hydrogen) atoms. The van der Waals surface area contributed by atoms with Gasteiger partial charge in [-0.25, -0.2) is 0 Å². The molecular weight excluding hydrogens is 414 g/mol. The first kappa shape index (κ1) is 26.8. The van der Waals surface area contributed by atoms with Crippen molar-refractivity contribution in [2.24, 2.45) is 11.8 Å². The lowest BCUT2D eigenvalue weighted by Gasteiger charge is -2.28. The number of rotatable bonds is 16. The fraction of sp³-hybridized carbons (Fsp3) is 0.656. The zero-order valence-electron chi connectivity index (χ0n) is 22.1. The predicted molar refractivity (Wildman–Crippen MR) is 146 cm³/mol. The highest BCUT2D eigenvalue weighted by Gasteiger charge is 2.20. The van der Waals surface area contributed by atoms with Crippen molar-refractivity contribution in [3.63, 3.8) is 0 Å². The molecule has 0 spiro atoms. The summed E-state index contributed by atoms with van der Waals surface area (Å²) in [5.74, 6) is 2.84. The van der Waals surface area contributed by atoms with E-state index in [4.69, 9.17) is 4.74 Å². The van der Waals surface area contributed by atoms with Crippen LogP contribution in [0, 0.1) is 11.8 Å². The number of unbranched alkanes of at least 4 members (excludes halogenated alkanes) is 7. The van der Waals surface area contributed by atoms with E-state index in [-0.39, 0.29) is 0 Å². The molecule has 1 heterocycles. The Labute approximate surface area is 209 Å². The number of benzene rings is 1. The van der Waals surface area contributed by atoms with E-state index in [9.17, 15) is 0 Å². The molecule has 3 rings (SSSR count). The van der Waals surface area contributed by atoms with Crippen LogP contribution in [-0.2, 0) is 6.42 Å². The minimum absolute atomic E-state index is 0.794. The van der Waals surface area contributed by atoms with E-state index in [0.717, 1.165) is 36.3 Å². The van der Waals surface area contributed by atoms with Crippen LogP contribution in [0.3, 0.4) is 0 Å². The molecule has 0 bridgehead atoms. The van der Waals surface area contributed by atoms with Crippen LogP contribution in [0.4, 0.5) is 0 Å². The lowest BCUT2D eigenvalue weighted by molar-refractivity contribution is 0.249. The molecule has 1 aliphatic rings. The molecule has 1 aromatic heterocycles. The lowest BCUT2D eigenvalue weighted by Crippen LogP contribution is -2.15. The van der Waals surface area contributed by atoms with Crippen LogP contribution < -0.4 is 4.74 Å². The molecule has 1 saturated carbocycles. The Morgan fingerprint density at radius 3 is 2.03 bits per heavy atom. The average Bonchev–Trinajstić information content (AvgIpc) is 2.88. The highest BCUT2D eigenvalue weighted by Crippen LogP contribution is 2.34. The summed E-state index contributed by atoms with van der Waals surface area (Å²) < 4.78 is 5.88. The minimum atomic E-state index is 0.794. The van der Waals surface area contributed by atoms with Gasteiger partial charge in [0.15, 0.2) is 0 Å². The van der Waals surface area contributed by atoms with E-state index in [2.05, 4.69) is 55.2 Å². The molecule has 0 unspecified atom stereocenters. The molecule has 0 N–H and O–H groups in total. The third-order valence-corrected chi connectivity index (χ3v) is 7.78. The molecular formula is C32H49NO. The number of aryl methyl sites for hydroxylation is 1. The second kappa shape index (κ2) is 16.0. The first-order valence-electron chi connectivity index (χ1n) is 14.5. The maximum Gasteiger partial charge on any atom is 0.137 e. The van der Waals surface area contributed by atoms with Crippen LogP contribution in [0.15, 0.2) is 42.6 Å². The zero-order valence-corrected chi connectivity index (χ0v) is 22.1. The van der Waals surface area contributed by atoms with Gasteiger partial charge in [-0.2, -0.15) is 0 Å². The maximum atomic E-state index is 5.88. The molecule has 2 heteroatoms. The predicted octanol–water partition coefficient (Wildman–Crippen LogP) is 9.81. The van der Waals surface area contributed by atoms with Gasteiger partial charge >= 0.3 is 0 Å². The Bertz CT molecular complexity index is 759. The first-order chi connectivity index (χ1) is 16.8. The molecule has 0 amide bonds. The molecule has 0 saturated heterocycles. The second-order valence-electron chi connectivity index (χ2n) is 10.6. The normalized spacial score (nSPS) is 18.2. The van der Waals surface area contributed by atoms with E-state index in [1.807, 2.05) is 6.20 Å². The van der Waals surface area contributed by atoms with Gasteiger partial charge in [0.2, 0.25) is 0 Å². The summed E-state index contributed by atoms with van der Waals surface area (Å²) in [6.45, 7) is 5.36. The summed E-state index contributed by atoms with van der Waals surface area (Å²) in [6, 6.07) is 13.2. The topological polar surface area (TPSA) is 22.1 Å². The SMILES string of the molecule is CCCCCCCCOc1ccc(-c2ccc(CC[C@H]3CC[C@H](CCCCC)CC3)cc2)nc1. The minimum Gasteiger partial charge on any atom is -0.492 e. The van der Waals surface area contributed by atoms with Crippen LogP contribution in [0.1, 0.15) is 116 Å². The van der Waals surface area contributed by atoms with Crippen molar-refractivity contribution in [2.45, 2.75) is 117 Å². The highest BCUT2D eigenvalue weighted by molar-refractivity contribution is 5.59. The third kappa shape index (κ3) is 9.80. The lowest BCUT2D eigenvalue weighted by atomic mass is 9.78. The molecule has 1 aliphatic carbocycles. The zero-order chi connectivity index (χ0) is 23.8. The summed E-state index contributed by atoms with van der Waals surface area (Å²) in [7, 11) is 0. The van der Waals surface area contributed by atoms with E-state index >= 15 is 0 Å². The smallest absolute Gasteiger partial charge is 0.137 e. The molecule has 2 nitrogen and oxygen atoms in total. The molecule has 0 aliphatic heterocycles. The Morgan fingerprint density at radius 2 is 1.35 bits per heavy atom. The van der Waals surface area contributed by atoms with Gasteiger partial charge in [0.25, 0.3) is 0 Å². The molecule has 188 valence electrons. The summed E-state index contributed by atoms with van der Waals surface area (Å²) >= 11 is 0. The van der Waals surface area contributed by atoms with Gasteiger partial charge in [0.1, 0.15) is 5.75 Å². The molecule has 2 aromatic rings. The van der Waals surface area contributed by atoms with Crippen molar-refractivity contribution in [3.05, 3.63) is 48.2 Å². The van der Waals surface area contributed by atoms with Crippen LogP contribution in [0.2, 0.25) is 0 Å². The van der Waals surface area contributed by atoms with Crippen molar-refractivity contribution in [1.82, 2.24) is 4.98 Å². The molecule has 1 aromatic carbocycles. The summed E-state index contributed by atoms with van der Waals surface area (Å²) in [5, 5.41) is 0. The molecule has 0 radical (unpaired) electrons. The van der Waals surface area contributed by atoms with E-state index in [0.29, 0.717) is 0 Å². The number of aromatic nitrogens is 1. The summed E-state index contributed by atoms with van der Waals surface area (Å²) in [6.07, 6.45) is 23.7.